The molecule has 17 heavy (non-hydrogen) atoms. The molecule has 8 heteroatoms. The molecular formula is C9H6N2O5S. The molecule has 3 rings (SSSR count). The Balaban J connectivity index is 2.13. The van der Waals surface area contributed by atoms with E-state index in [0.29, 0.717) is 16.4 Å². The Hall–Kier alpha value is -2.22. The summed E-state index contributed by atoms with van der Waals surface area (Å²) < 4.78 is 10.4. The van der Waals surface area contributed by atoms with E-state index in [1.807, 2.05) is 0 Å². The molecule has 0 spiro atoms. The SMILES string of the molecule is O=C(O)c1[nH]nc(-c2scc3c2OCO3)c1O. The first kappa shape index (κ1) is 9.97. The van der Waals surface area contributed by atoms with Gasteiger partial charge in [-0.2, -0.15) is 5.10 Å². The van der Waals surface area contributed by atoms with Crippen molar-refractivity contribution in [2.75, 3.05) is 6.79 Å². The van der Waals surface area contributed by atoms with E-state index in [0.717, 1.165) is 0 Å². The molecule has 0 amide bonds. The van der Waals surface area contributed by atoms with Crippen molar-refractivity contribution >= 4 is 17.3 Å². The van der Waals surface area contributed by atoms with Gasteiger partial charge in [-0.3, -0.25) is 5.10 Å². The van der Waals surface area contributed by atoms with E-state index in [1.165, 1.54) is 11.3 Å². The van der Waals surface area contributed by atoms with Crippen molar-refractivity contribution in [3.8, 4) is 27.8 Å². The normalized spacial score (nSPS) is 12.9. The average molecular weight is 254 g/mol. The molecule has 0 unspecified atom stereocenters. The molecule has 0 saturated carbocycles. The van der Waals surface area contributed by atoms with Gasteiger partial charge >= 0.3 is 5.97 Å². The summed E-state index contributed by atoms with van der Waals surface area (Å²) in [5.74, 6) is -0.623. The molecule has 0 aliphatic carbocycles. The lowest BCUT2D eigenvalue weighted by molar-refractivity contribution is 0.0687. The molecule has 3 N–H and O–H groups in total. The van der Waals surface area contributed by atoms with Crippen molar-refractivity contribution < 1.29 is 24.5 Å². The first-order valence-electron chi connectivity index (χ1n) is 4.56. The monoisotopic (exact) mass is 254 g/mol. The van der Waals surface area contributed by atoms with Crippen LogP contribution < -0.4 is 9.47 Å². The number of aromatic hydroxyl groups is 1. The van der Waals surface area contributed by atoms with Crippen LogP contribution in [0, 0.1) is 0 Å². The first-order valence-corrected chi connectivity index (χ1v) is 5.44. The quantitative estimate of drug-likeness (QED) is 0.745. The molecule has 0 saturated heterocycles. The molecule has 1 aliphatic heterocycles. The Labute approximate surface area is 98.2 Å². The van der Waals surface area contributed by atoms with Gasteiger partial charge in [0.05, 0.1) is 0 Å². The maximum Gasteiger partial charge on any atom is 0.357 e. The van der Waals surface area contributed by atoms with E-state index in [9.17, 15) is 9.90 Å². The minimum absolute atomic E-state index is 0.113. The summed E-state index contributed by atoms with van der Waals surface area (Å²) in [6.45, 7) is 0.113. The van der Waals surface area contributed by atoms with Crippen LogP contribution in [-0.4, -0.2) is 33.2 Å². The van der Waals surface area contributed by atoms with Crippen LogP contribution >= 0.6 is 11.3 Å². The second kappa shape index (κ2) is 3.39. The molecule has 88 valence electrons. The summed E-state index contributed by atoms with van der Waals surface area (Å²) in [5, 5.41) is 26.3. The highest BCUT2D eigenvalue weighted by Gasteiger charge is 2.27. The molecule has 0 bridgehead atoms. The average Bonchev–Trinajstić information content (AvgIpc) is 2.91. The number of hydrogen-bond donors (Lipinski definition) is 3. The highest BCUT2D eigenvalue weighted by Crippen LogP contribution is 2.48. The van der Waals surface area contributed by atoms with Gasteiger partial charge in [0, 0.05) is 5.38 Å². The van der Waals surface area contributed by atoms with Gasteiger partial charge in [-0.15, -0.1) is 11.3 Å². The van der Waals surface area contributed by atoms with Gasteiger partial charge in [-0.25, -0.2) is 4.79 Å². The van der Waals surface area contributed by atoms with Crippen LogP contribution in [0.15, 0.2) is 5.38 Å². The summed E-state index contributed by atoms with van der Waals surface area (Å²) in [6, 6.07) is 0. The Kier molecular flexibility index (Phi) is 1.99. The van der Waals surface area contributed by atoms with Gasteiger partial charge in [0.1, 0.15) is 10.6 Å². The van der Waals surface area contributed by atoms with E-state index in [-0.39, 0.29) is 18.2 Å². The molecule has 0 radical (unpaired) electrons. The number of aromatic nitrogens is 2. The van der Waals surface area contributed by atoms with Crippen molar-refractivity contribution in [1.82, 2.24) is 10.2 Å². The summed E-state index contributed by atoms with van der Waals surface area (Å²) in [5.41, 5.74) is -0.194. The number of thiophene rings is 1. The van der Waals surface area contributed by atoms with Gasteiger partial charge in [0.2, 0.25) is 6.79 Å². The number of carboxylic acid groups (broad SMARTS) is 1. The second-order valence-corrected chi connectivity index (χ2v) is 4.15. The van der Waals surface area contributed by atoms with E-state index >= 15 is 0 Å². The fourth-order valence-electron chi connectivity index (χ4n) is 1.53. The highest BCUT2D eigenvalue weighted by atomic mass is 32.1. The lowest BCUT2D eigenvalue weighted by Crippen LogP contribution is -1.96. The number of nitrogens with zero attached hydrogens (tertiary/aromatic N) is 1. The molecule has 0 aromatic carbocycles. The Bertz CT molecular complexity index is 603. The van der Waals surface area contributed by atoms with E-state index in [4.69, 9.17) is 14.6 Å². The van der Waals surface area contributed by atoms with Crippen LogP contribution in [-0.2, 0) is 0 Å². The number of aromatic carboxylic acids is 1. The third-order valence-electron chi connectivity index (χ3n) is 2.30. The van der Waals surface area contributed by atoms with Gasteiger partial charge in [-0.05, 0) is 0 Å². The zero-order chi connectivity index (χ0) is 12.0. The number of ether oxygens (including phenoxy) is 2. The smallest absolute Gasteiger partial charge is 0.357 e. The topological polar surface area (TPSA) is 105 Å². The molecule has 2 aromatic rings. The number of carbonyl (C=O) groups is 1. The maximum absolute atomic E-state index is 10.8. The summed E-state index contributed by atoms with van der Waals surface area (Å²) in [7, 11) is 0. The van der Waals surface area contributed by atoms with Crippen molar-refractivity contribution in [3.05, 3.63) is 11.1 Å². The Morgan fingerprint density at radius 3 is 3.06 bits per heavy atom. The lowest BCUT2D eigenvalue weighted by atomic mass is 10.2. The summed E-state index contributed by atoms with van der Waals surface area (Å²) in [4.78, 5) is 11.3. The van der Waals surface area contributed by atoms with E-state index in [1.54, 1.807) is 5.38 Å². The van der Waals surface area contributed by atoms with E-state index < -0.39 is 11.7 Å². The van der Waals surface area contributed by atoms with Gasteiger partial charge in [0.25, 0.3) is 0 Å². The molecule has 3 heterocycles. The predicted molar refractivity (Wildman–Crippen MR) is 56.6 cm³/mol. The fourth-order valence-corrected chi connectivity index (χ4v) is 2.45. The number of carboxylic acids is 1. The molecule has 0 fully saturated rings. The van der Waals surface area contributed by atoms with E-state index in [2.05, 4.69) is 10.2 Å². The predicted octanol–water partition coefficient (Wildman–Crippen LogP) is 1.27. The van der Waals surface area contributed by atoms with Crippen LogP contribution in [0.1, 0.15) is 10.5 Å². The molecule has 2 aromatic heterocycles. The van der Waals surface area contributed by atoms with Crippen molar-refractivity contribution in [3.63, 3.8) is 0 Å². The minimum atomic E-state index is -1.27. The van der Waals surface area contributed by atoms with Gasteiger partial charge < -0.3 is 19.7 Å². The number of aromatic amines is 1. The number of hydrogen-bond acceptors (Lipinski definition) is 6. The second-order valence-electron chi connectivity index (χ2n) is 3.27. The number of fused-ring (bicyclic) bond motifs is 1. The van der Waals surface area contributed by atoms with Crippen LogP contribution in [0.5, 0.6) is 17.2 Å². The standard InChI is InChI=1S/C9H6N2O5S/c12-6-4(10-11-5(6)9(13)14)8-7-3(1-17-8)15-2-16-7/h1,12H,2H2,(H,10,11)(H,13,14). The van der Waals surface area contributed by atoms with Crippen LogP contribution in [0.2, 0.25) is 0 Å². The summed E-state index contributed by atoms with van der Waals surface area (Å²) in [6.07, 6.45) is 0. The Morgan fingerprint density at radius 1 is 1.53 bits per heavy atom. The zero-order valence-electron chi connectivity index (χ0n) is 8.26. The lowest BCUT2D eigenvalue weighted by Gasteiger charge is -1.96. The summed E-state index contributed by atoms with van der Waals surface area (Å²) >= 11 is 1.26. The zero-order valence-corrected chi connectivity index (χ0v) is 9.08. The van der Waals surface area contributed by atoms with Crippen molar-refractivity contribution in [2.24, 2.45) is 0 Å². The third-order valence-corrected chi connectivity index (χ3v) is 3.25. The van der Waals surface area contributed by atoms with Crippen LogP contribution in [0.4, 0.5) is 0 Å². The molecular weight excluding hydrogens is 248 g/mol. The van der Waals surface area contributed by atoms with Crippen molar-refractivity contribution in [1.29, 1.82) is 0 Å². The minimum Gasteiger partial charge on any atom is -0.504 e. The molecule has 1 aliphatic rings. The molecule has 0 atom stereocenters. The molecule has 7 nitrogen and oxygen atoms in total. The van der Waals surface area contributed by atoms with Crippen LogP contribution in [0.3, 0.4) is 0 Å². The van der Waals surface area contributed by atoms with Crippen molar-refractivity contribution in [2.45, 2.75) is 0 Å². The maximum atomic E-state index is 10.8. The third kappa shape index (κ3) is 1.34. The number of H-pyrrole nitrogens is 1. The fraction of sp³-hybridized carbons (Fsp3) is 0.111. The first-order chi connectivity index (χ1) is 8.18. The number of rotatable bonds is 2. The Morgan fingerprint density at radius 2 is 2.35 bits per heavy atom. The number of nitrogens with one attached hydrogen (secondary N) is 1. The van der Waals surface area contributed by atoms with Gasteiger partial charge in [0.15, 0.2) is 22.9 Å². The van der Waals surface area contributed by atoms with Crippen LogP contribution in [0.25, 0.3) is 10.6 Å². The largest absolute Gasteiger partial charge is 0.504 e. The van der Waals surface area contributed by atoms with Gasteiger partial charge in [-0.1, -0.05) is 0 Å². The highest BCUT2D eigenvalue weighted by molar-refractivity contribution is 7.14.